The standard InChI is InChI=1S/C17H20N2OS/c1-4-13-6-7-14(5-2)15(8-13)16(20)11-21-17-18-9-12(3)10-19-17/h6-10H,4-5,11H2,1-3H3. The normalized spacial score (nSPS) is 10.6. The monoisotopic (exact) mass is 300 g/mol. The molecule has 0 radical (unpaired) electrons. The fourth-order valence-corrected chi connectivity index (χ4v) is 2.74. The van der Waals surface area contributed by atoms with Crippen LogP contribution in [0.1, 0.15) is 40.9 Å². The first kappa shape index (κ1) is 15.7. The fourth-order valence-electron chi connectivity index (χ4n) is 2.07. The largest absolute Gasteiger partial charge is 0.293 e. The van der Waals surface area contributed by atoms with Gasteiger partial charge in [-0.3, -0.25) is 4.79 Å². The molecule has 0 N–H and O–H groups in total. The molecule has 0 aliphatic heterocycles. The molecule has 1 heterocycles. The third-order valence-corrected chi connectivity index (χ3v) is 4.23. The molecule has 2 aromatic rings. The van der Waals surface area contributed by atoms with Gasteiger partial charge >= 0.3 is 0 Å². The maximum atomic E-state index is 12.5. The molecule has 0 spiro atoms. The van der Waals surface area contributed by atoms with Crippen molar-refractivity contribution in [2.24, 2.45) is 0 Å². The predicted molar refractivity (Wildman–Crippen MR) is 87.0 cm³/mol. The molecule has 21 heavy (non-hydrogen) atoms. The number of hydrogen-bond donors (Lipinski definition) is 0. The SMILES string of the molecule is CCc1ccc(CC)c(C(=O)CSc2ncc(C)cn2)c1. The summed E-state index contributed by atoms with van der Waals surface area (Å²) in [6, 6.07) is 6.20. The van der Waals surface area contributed by atoms with E-state index in [1.165, 1.54) is 17.3 Å². The zero-order valence-corrected chi connectivity index (χ0v) is 13.5. The number of rotatable bonds is 6. The highest BCUT2D eigenvalue weighted by Crippen LogP contribution is 2.19. The molecule has 0 aliphatic carbocycles. The number of aryl methyl sites for hydroxylation is 3. The number of benzene rings is 1. The predicted octanol–water partition coefficient (Wildman–Crippen LogP) is 3.88. The van der Waals surface area contributed by atoms with Crippen LogP contribution in [-0.2, 0) is 12.8 Å². The van der Waals surface area contributed by atoms with Crippen LogP contribution in [0.25, 0.3) is 0 Å². The zero-order chi connectivity index (χ0) is 15.2. The summed E-state index contributed by atoms with van der Waals surface area (Å²) in [5, 5.41) is 0.652. The Balaban J connectivity index is 2.10. The third kappa shape index (κ3) is 4.14. The van der Waals surface area contributed by atoms with Crippen molar-refractivity contribution in [3.8, 4) is 0 Å². The fraction of sp³-hybridized carbons (Fsp3) is 0.353. The summed E-state index contributed by atoms with van der Waals surface area (Å²) in [4.78, 5) is 20.9. The molecule has 0 saturated carbocycles. The summed E-state index contributed by atoms with van der Waals surface area (Å²) in [7, 11) is 0. The van der Waals surface area contributed by atoms with Gasteiger partial charge in [0.25, 0.3) is 0 Å². The smallest absolute Gasteiger partial charge is 0.187 e. The summed E-state index contributed by atoms with van der Waals surface area (Å²) in [6.07, 6.45) is 5.36. The lowest BCUT2D eigenvalue weighted by Crippen LogP contribution is -2.07. The molecule has 0 fully saturated rings. The minimum atomic E-state index is 0.149. The second-order valence-corrected chi connectivity index (χ2v) is 5.90. The van der Waals surface area contributed by atoms with Crippen LogP contribution in [0, 0.1) is 6.92 Å². The lowest BCUT2D eigenvalue weighted by Gasteiger charge is -2.09. The molecule has 0 aliphatic rings. The number of hydrogen-bond acceptors (Lipinski definition) is 4. The van der Waals surface area contributed by atoms with E-state index >= 15 is 0 Å². The molecule has 2 rings (SSSR count). The summed E-state index contributed by atoms with van der Waals surface area (Å²) in [5.74, 6) is 0.528. The van der Waals surface area contributed by atoms with Crippen molar-refractivity contribution < 1.29 is 4.79 Å². The van der Waals surface area contributed by atoms with E-state index in [0.29, 0.717) is 10.9 Å². The van der Waals surface area contributed by atoms with E-state index < -0.39 is 0 Å². The van der Waals surface area contributed by atoms with Gasteiger partial charge in [0, 0.05) is 18.0 Å². The molecule has 0 atom stereocenters. The Kier molecular flexibility index (Phi) is 5.51. The molecular weight excluding hydrogens is 280 g/mol. The number of carbonyl (C=O) groups excluding carboxylic acids is 1. The van der Waals surface area contributed by atoms with E-state index in [2.05, 4.69) is 35.9 Å². The highest BCUT2D eigenvalue weighted by Gasteiger charge is 2.12. The van der Waals surface area contributed by atoms with E-state index in [1.807, 2.05) is 13.0 Å². The van der Waals surface area contributed by atoms with E-state index in [-0.39, 0.29) is 5.78 Å². The van der Waals surface area contributed by atoms with Gasteiger partial charge in [0.05, 0.1) is 5.75 Å². The van der Waals surface area contributed by atoms with Crippen molar-refractivity contribution in [3.05, 3.63) is 52.8 Å². The molecule has 0 amide bonds. The third-order valence-electron chi connectivity index (χ3n) is 3.35. The summed E-state index contributed by atoms with van der Waals surface area (Å²) in [5.41, 5.74) is 4.18. The molecule has 1 aromatic carbocycles. The minimum absolute atomic E-state index is 0.149. The van der Waals surface area contributed by atoms with Crippen molar-refractivity contribution in [3.63, 3.8) is 0 Å². The van der Waals surface area contributed by atoms with Gasteiger partial charge in [-0.25, -0.2) is 9.97 Å². The number of ketones is 1. The highest BCUT2D eigenvalue weighted by molar-refractivity contribution is 7.99. The highest BCUT2D eigenvalue weighted by atomic mass is 32.2. The van der Waals surface area contributed by atoms with E-state index in [4.69, 9.17) is 0 Å². The van der Waals surface area contributed by atoms with Gasteiger partial charge in [-0.1, -0.05) is 37.7 Å². The minimum Gasteiger partial charge on any atom is -0.293 e. The van der Waals surface area contributed by atoms with Crippen LogP contribution in [0.3, 0.4) is 0 Å². The average Bonchev–Trinajstić information content (AvgIpc) is 2.53. The second-order valence-electron chi connectivity index (χ2n) is 4.95. The molecule has 0 unspecified atom stereocenters. The number of aromatic nitrogens is 2. The van der Waals surface area contributed by atoms with Crippen LogP contribution >= 0.6 is 11.8 Å². The summed E-state index contributed by atoms with van der Waals surface area (Å²) >= 11 is 1.39. The summed E-state index contributed by atoms with van der Waals surface area (Å²) < 4.78 is 0. The maximum Gasteiger partial charge on any atom is 0.187 e. The van der Waals surface area contributed by atoms with Crippen molar-refractivity contribution in [1.29, 1.82) is 0 Å². The molecule has 3 nitrogen and oxygen atoms in total. The molecule has 110 valence electrons. The van der Waals surface area contributed by atoms with Gasteiger partial charge in [0.15, 0.2) is 10.9 Å². The van der Waals surface area contributed by atoms with Gasteiger partial charge in [-0.15, -0.1) is 0 Å². The Bertz CT molecular complexity index is 623. The lowest BCUT2D eigenvalue weighted by atomic mass is 9.98. The Morgan fingerprint density at radius 3 is 2.48 bits per heavy atom. The molecular formula is C17H20N2OS. The topological polar surface area (TPSA) is 42.9 Å². The first-order chi connectivity index (χ1) is 10.1. The molecule has 4 heteroatoms. The van der Waals surface area contributed by atoms with Crippen molar-refractivity contribution in [2.75, 3.05) is 5.75 Å². The van der Waals surface area contributed by atoms with Gasteiger partial charge in [0.1, 0.15) is 0 Å². The molecule has 0 saturated heterocycles. The first-order valence-electron chi connectivity index (χ1n) is 7.20. The second kappa shape index (κ2) is 7.36. The van der Waals surface area contributed by atoms with Crippen molar-refractivity contribution >= 4 is 17.5 Å². The number of nitrogens with zero attached hydrogens (tertiary/aromatic N) is 2. The number of carbonyl (C=O) groups is 1. The van der Waals surface area contributed by atoms with Gasteiger partial charge in [-0.05, 0) is 42.5 Å². The molecule has 1 aromatic heterocycles. The van der Waals surface area contributed by atoms with Crippen LogP contribution in [0.4, 0.5) is 0 Å². The maximum absolute atomic E-state index is 12.5. The Labute approximate surface area is 130 Å². The van der Waals surface area contributed by atoms with Gasteiger partial charge < -0.3 is 0 Å². The lowest BCUT2D eigenvalue weighted by molar-refractivity contribution is 0.102. The quantitative estimate of drug-likeness (QED) is 0.461. The van der Waals surface area contributed by atoms with Gasteiger partial charge in [-0.2, -0.15) is 0 Å². The summed E-state index contributed by atoms with van der Waals surface area (Å²) in [6.45, 7) is 6.13. The van der Waals surface area contributed by atoms with Crippen molar-refractivity contribution in [1.82, 2.24) is 9.97 Å². The molecule has 0 bridgehead atoms. The van der Waals surface area contributed by atoms with Crippen LogP contribution in [0.5, 0.6) is 0 Å². The van der Waals surface area contributed by atoms with Crippen molar-refractivity contribution in [2.45, 2.75) is 38.8 Å². The van der Waals surface area contributed by atoms with Crippen LogP contribution in [0.15, 0.2) is 35.7 Å². The van der Waals surface area contributed by atoms with E-state index in [9.17, 15) is 4.79 Å². The zero-order valence-electron chi connectivity index (χ0n) is 12.7. The van der Waals surface area contributed by atoms with Crippen LogP contribution in [-0.4, -0.2) is 21.5 Å². The number of Topliss-reactive ketones (excluding diaryl/α,β-unsaturated/α-hetero) is 1. The van der Waals surface area contributed by atoms with E-state index in [0.717, 1.165) is 29.5 Å². The number of thioether (sulfide) groups is 1. The van der Waals surface area contributed by atoms with Gasteiger partial charge in [0.2, 0.25) is 0 Å². The Hall–Kier alpha value is -1.68. The Morgan fingerprint density at radius 1 is 1.14 bits per heavy atom. The Morgan fingerprint density at radius 2 is 1.86 bits per heavy atom. The van der Waals surface area contributed by atoms with Crippen LogP contribution in [0.2, 0.25) is 0 Å². The van der Waals surface area contributed by atoms with Crippen LogP contribution < -0.4 is 0 Å². The van der Waals surface area contributed by atoms with E-state index in [1.54, 1.807) is 12.4 Å². The average molecular weight is 300 g/mol. The first-order valence-corrected chi connectivity index (χ1v) is 8.19.